The van der Waals surface area contributed by atoms with Gasteiger partial charge < -0.3 is 5.32 Å². The van der Waals surface area contributed by atoms with Crippen molar-refractivity contribution in [3.63, 3.8) is 0 Å². The van der Waals surface area contributed by atoms with E-state index in [0.717, 1.165) is 5.56 Å². The van der Waals surface area contributed by atoms with Gasteiger partial charge in [0.25, 0.3) is 0 Å². The summed E-state index contributed by atoms with van der Waals surface area (Å²) >= 11 is 0. The molecule has 5 rings (SSSR count). The normalized spacial score (nSPS) is 13.2. The number of hydrogen-bond donors (Lipinski definition) is 1. The van der Waals surface area contributed by atoms with Gasteiger partial charge in [-0.3, -0.25) is 0 Å². The van der Waals surface area contributed by atoms with Crippen molar-refractivity contribution >= 4 is 158 Å². The molecular formula is C27H12B11N. The van der Waals surface area contributed by atoms with E-state index in [1.165, 1.54) is 0 Å². The van der Waals surface area contributed by atoms with E-state index in [1.54, 1.807) is 0 Å². The van der Waals surface area contributed by atoms with Crippen LogP contribution in [0.5, 0.6) is 0 Å². The molecule has 0 saturated heterocycles. The minimum atomic E-state index is -0.764. The van der Waals surface area contributed by atoms with Crippen molar-refractivity contribution in [2.24, 2.45) is 0 Å². The van der Waals surface area contributed by atoms with Crippen molar-refractivity contribution in [3.05, 3.63) is 41.5 Å². The molecule has 0 amide bonds. The molecule has 12 heteroatoms. The molecule has 0 fully saturated rings. The lowest BCUT2D eigenvalue weighted by molar-refractivity contribution is 0.670. The zero-order valence-corrected chi connectivity index (χ0v) is 21.7. The van der Waals surface area contributed by atoms with E-state index in [0.29, 0.717) is 50.1 Å². The molecule has 0 unspecified atom stereocenters. The van der Waals surface area contributed by atoms with Crippen molar-refractivity contribution in [3.8, 4) is 22.3 Å². The minimum absolute atomic E-state index is 0.125. The van der Waals surface area contributed by atoms with Gasteiger partial charge in [-0.2, -0.15) is 0 Å². The fourth-order valence-corrected chi connectivity index (χ4v) is 5.70. The maximum atomic E-state index is 6.86. The summed E-state index contributed by atoms with van der Waals surface area (Å²) in [6.45, 7) is 3.89. The highest BCUT2D eigenvalue weighted by atomic mass is 14.9. The third-order valence-corrected chi connectivity index (χ3v) is 7.75. The van der Waals surface area contributed by atoms with Crippen molar-refractivity contribution < 1.29 is 0 Å². The molecule has 1 nitrogen and oxygen atoms in total. The average molecular weight is 469 g/mol. The highest BCUT2D eigenvalue weighted by Gasteiger charge is 2.41. The standard InChI is InChI=1S/C27H12B11N/c1-27(2)12-10(15(29)20(34)21(35)17(12)31)11-13(27)18(32)26(23(37)16(11)30)39-25-9(8-6-4-3-5-7-8)14(28)19(33)22(36)24(25)38/h3-7,39H,1-2H3. The highest BCUT2D eigenvalue weighted by Crippen LogP contribution is 2.45. The van der Waals surface area contributed by atoms with Gasteiger partial charge in [-0.15, -0.1) is 21.9 Å². The Morgan fingerprint density at radius 1 is 0.436 bits per heavy atom. The number of fused-ring (bicyclic) bond motifs is 3. The van der Waals surface area contributed by atoms with Crippen LogP contribution in [-0.2, 0) is 5.41 Å². The predicted molar refractivity (Wildman–Crippen MR) is 178 cm³/mol. The first-order valence-corrected chi connectivity index (χ1v) is 12.1. The second-order valence-electron chi connectivity index (χ2n) is 10.3. The fraction of sp³-hybridized carbons (Fsp3) is 0.111. The molecule has 158 valence electrons. The number of anilines is 2. The summed E-state index contributed by atoms with van der Waals surface area (Å²) in [7, 11) is 70.9. The zero-order chi connectivity index (χ0) is 28.7. The van der Waals surface area contributed by atoms with E-state index >= 15 is 0 Å². The van der Waals surface area contributed by atoms with Crippen LogP contribution < -0.4 is 65.4 Å². The number of nitrogens with one attached hydrogen (secondary N) is 1. The highest BCUT2D eigenvalue weighted by molar-refractivity contribution is 6.67. The van der Waals surface area contributed by atoms with E-state index in [2.05, 4.69) is 5.32 Å². The Balaban J connectivity index is 1.83. The van der Waals surface area contributed by atoms with Crippen LogP contribution in [0.3, 0.4) is 0 Å². The first-order valence-electron chi connectivity index (χ1n) is 12.1. The summed E-state index contributed by atoms with van der Waals surface area (Å²) in [4.78, 5) is 0. The van der Waals surface area contributed by atoms with Gasteiger partial charge in [-0.25, -0.2) is 0 Å². The lowest BCUT2D eigenvalue weighted by Crippen LogP contribution is -2.51. The molecule has 0 bridgehead atoms. The van der Waals surface area contributed by atoms with Crippen LogP contribution in [-0.4, -0.2) is 86.3 Å². The van der Waals surface area contributed by atoms with Gasteiger partial charge in [-0.1, -0.05) is 82.4 Å². The summed E-state index contributed by atoms with van der Waals surface area (Å²) in [6.07, 6.45) is 0. The van der Waals surface area contributed by atoms with Crippen LogP contribution in [0, 0.1) is 0 Å². The Labute approximate surface area is 245 Å². The molecule has 0 aliphatic heterocycles. The Kier molecular flexibility index (Phi) is 6.81. The SMILES string of the molecule is [B]c1c([B])c([B])c(-c2ccccc2)c(Nc2c([B])c([B])c3c(c2[B])C(C)(C)c2c([B])c([B])c([B])c([B])c2-3)c1[B]. The van der Waals surface area contributed by atoms with Crippen molar-refractivity contribution in [2.75, 3.05) is 5.32 Å². The molecule has 0 saturated carbocycles. The summed E-state index contributed by atoms with van der Waals surface area (Å²) in [5, 5.41) is 3.29. The third-order valence-electron chi connectivity index (χ3n) is 7.75. The Bertz CT molecular complexity index is 1710. The van der Waals surface area contributed by atoms with Crippen molar-refractivity contribution in [1.82, 2.24) is 0 Å². The van der Waals surface area contributed by atoms with Crippen LogP contribution in [0.25, 0.3) is 22.3 Å². The van der Waals surface area contributed by atoms with Gasteiger partial charge in [0.05, 0.1) is 0 Å². The van der Waals surface area contributed by atoms with Crippen LogP contribution in [0.4, 0.5) is 11.4 Å². The summed E-state index contributed by atoms with van der Waals surface area (Å²) in [5.41, 5.74) is 6.02. The second-order valence-corrected chi connectivity index (χ2v) is 10.3. The van der Waals surface area contributed by atoms with Gasteiger partial charge in [0.1, 0.15) is 86.3 Å². The maximum absolute atomic E-state index is 6.86. The quantitative estimate of drug-likeness (QED) is 0.295. The van der Waals surface area contributed by atoms with E-state index < -0.39 is 5.41 Å². The molecular weight excluding hydrogens is 457 g/mol. The molecule has 4 aromatic carbocycles. The summed E-state index contributed by atoms with van der Waals surface area (Å²) < 4.78 is 0. The maximum Gasteiger partial charge on any atom is 0.117 e. The second kappa shape index (κ2) is 9.50. The summed E-state index contributed by atoms with van der Waals surface area (Å²) in [6, 6.07) is 9.35. The van der Waals surface area contributed by atoms with Crippen LogP contribution in [0.2, 0.25) is 0 Å². The Morgan fingerprint density at radius 3 is 1.41 bits per heavy atom. The molecule has 22 radical (unpaired) electrons. The predicted octanol–water partition coefficient (Wildman–Crippen LogP) is -5.86. The molecule has 0 aromatic heterocycles. The third kappa shape index (κ3) is 3.84. The van der Waals surface area contributed by atoms with E-state index in [9.17, 15) is 0 Å². The van der Waals surface area contributed by atoms with Gasteiger partial charge in [0.15, 0.2) is 0 Å². The number of hydrogen-bond acceptors (Lipinski definition) is 1. The zero-order valence-electron chi connectivity index (χ0n) is 21.7. The molecule has 39 heavy (non-hydrogen) atoms. The molecule has 1 aliphatic rings. The molecule has 0 spiro atoms. The Hall–Kier alpha value is -2.61. The lowest BCUT2D eigenvalue weighted by atomic mass is 9.61. The number of rotatable bonds is 3. The topological polar surface area (TPSA) is 12.0 Å². The van der Waals surface area contributed by atoms with Crippen molar-refractivity contribution in [2.45, 2.75) is 19.3 Å². The fourth-order valence-electron chi connectivity index (χ4n) is 5.70. The average Bonchev–Trinajstić information content (AvgIpc) is 3.16. The Morgan fingerprint density at radius 2 is 0.846 bits per heavy atom. The molecule has 1 aliphatic carbocycles. The van der Waals surface area contributed by atoms with Crippen LogP contribution in [0.15, 0.2) is 30.3 Å². The largest absolute Gasteiger partial charge is 0.357 e. The van der Waals surface area contributed by atoms with Crippen LogP contribution in [0.1, 0.15) is 25.0 Å². The van der Waals surface area contributed by atoms with E-state index in [-0.39, 0.29) is 49.2 Å². The van der Waals surface area contributed by atoms with Gasteiger partial charge >= 0.3 is 0 Å². The first kappa shape index (κ1) is 27.9. The number of benzene rings is 4. The van der Waals surface area contributed by atoms with E-state index in [4.69, 9.17) is 86.3 Å². The van der Waals surface area contributed by atoms with Gasteiger partial charge in [0, 0.05) is 16.8 Å². The van der Waals surface area contributed by atoms with Crippen LogP contribution >= 0.6 is 0 Å². The first-order chi connectivity index (χ1) is 18.2. The van der Waals surface area contributed by atoms with Crippen molar-refractivity contribution in [1.29, 1.82) is 0 Å². The summed E-state index contributed by atoms with van der Waals surface area (Å²) in [5.74, 6) is 0. The molecule has 1 N–H and O–H groups in total. The molecule has 0 heterocycles. The van der Waals surface area contributed by atoms with Gasteiger partial charge in [0.2, 0.25) is 0 Å². The molecule has 0 atom stereocenters. The molecule has 4 aromatic rings. The monoisotopic (exact) mass is 471 g/mol. The van der Waals surface area contributed by atoms with Gasteiger partial charge in [-0.05, 0) is 33.4 Å². The smallest absolute Gasteiger partial charge is 0.117 e. The lowest BCUT2D eigenvalue weighted by Gasteiger charge is -2.31. The minimum Gasteiger partial charge on any atom is -0.357 e. The van der Waals surface area contributed by atoms with E-state index in [1.807, 2.05) is 44.2 Å².